The molecule has 2 aromatic carbocycles. The summed E-state index contributed by atoms with van der Waals surface area (Å²) in [6.07, 6.45) is 0. The predicted octanol–water partition coefficient (Wildman–Crippen LogP) is 4.39. The number of aliphatic hydroxyl groups is 2. The normalized spacial score (nSPS) is 12.4. The molecule has 0 bridgehead atoms. The molecule has 0 saturated carbocycles. The average molecular weight is 403 g/mol. The maximum Gasteiger partial charge on any atom is 0.126 e. The van der Waals surface area contributed by atoms with Crippen LogP contribution in [0.1, 0.15) is 74.9 Å². The van der Waals surface area contributed by atoms with Crippen molar-refractivity contribution in [3.63, 3.8) is 0 Å². The van der Waals surface area contributed by atoms with Gasteiger partial charge in [0.1, 0.15) is 11.5 Å². The predicted molar refractivity (Wildman–Crippen MR) is 114 cm³/mol. The number of hydrogen-bond donors (Lipinski definition) is 4. The molecule has 0 radical (unpaired) electrons. The van der Waals surface area contributed by atoms with E-state index >= 15 is 0 Å². The SMILES string of the molecule is CC(C)(C)c1cc(CO)c(O)c(COCc2cc(C(C)(C)C)cc(CO)c2O)c1. The number of ether oxygens (including phenoxy) is 1. The van der Waals surface area contributed by atoms with Gasteiger partial charge in [0.05, 0.1) is 26.4 Å². The lowest BCUT2D eigenvalue weighted by Crippen LogP contribution is -2.13. The average Bonchev–Trinajstić information content (AvgIpc) is 2.62. The van der Waals surface area contributed by atoms with Crippen molar-refractivity contribution in [1.82, 2.24) is 0 Å². The molecule has 0 aliphatic carbocycles. The van der Waals surface area contributed by atoms with Crippen LogP contribution in [0.5, 0.6) is 11.5 Å². The van der Waals surface area contributed by atoms with Crippen molar-refractivity contribution in [2.24, 2.45) is 0 Å². The number of hydrogen-bond acceptors (Lipinski definition) is 5. The maximum atomic E-state index is 10.4. The van der Waals surface area contributed by atoms with E-state index in [2.05, 4.69) is 41.5 Å². The highest BCUT2D eigenvalue weighted by molar-refractivity contribution is 5.46. The van der Waals surface area contributed by atoms with Crippen LogP contribution in [0.3, 0.4) is 0 Å². The van der Waals surface area contributed by atoms with Gasteiger partial charge in [-0.15, -0.1) is 0 Å². The topological polar surface area (TPSA) is 90.2 Å². The van der Waals surface area contributed by atoms with Gasteiger partial charge in [-0.3, -0.25) is 0 Å². The lowest BCUT2D eigenvalue weighted by Gasteiger charge is -2.23. The van der Waals surface area contributed by atoms with E-state index < -0.39 is 0 Å². The van der Waals surface area contributed by atoms with Crippen LogP contribution in [0.25, 0.3) is 0 Å². The smallest absolute Gasteiger partial charge is 0.126 e. The number of aliphatic hydroxyl groups excluding tert-OH is 2. The molecule has 160 valence electrons. The minimum atomic E-state index is -0.253. The number of rotatable bonds is 6. The third-order valence-corrected chi connectivity index (χ3v) is 5.12. The third-order valence-electron chi connectivity index (χ3n) is 5.12. The molecule has 0 saturated heterocycles. The van der Waals surface area contributed by atoms with Gasteiger partial charge in [0, 0.05) is 22.3 Å². The first-order valence-corrected chi connectivity index (χ1v) is 9.88. The summed E-state index contributed by atoms with van der Waals surface area (Å²) in [5.41, 5.74) is 3.85. The lowest BCUT2D eigenvalue weighted by molar-refractivity contribution is 0.103. The number of benzene rings is 2. The van der Waals surface area contributed by atoms with Gasteiger partial charge < -0.3 is 25.2 Å². The molecule has 0 aliphatic heterocycles. The van der Waals surface area contributed by atoms with Gasteiger partial charge in [0.2, 0.25) is 0 Å². The maximum absolute atomic E-state index is 10.4. The molecule has 0 atom stereocenters. The van der Waals surface area contributed by atoms with E-state index in [0.717, 1.165) is 11.1 Å². The Morgan fingerprint density at radius 3 is 1.21 bits per heavy atom. The second-order valence-corrected chi connectivity index (χ2v) is 9.60. The van der Waals surface area contributed by atoms with Crippen molar-refractivity contribution in [2.45, 2.75) is 78.8 Å². The largest absolute Gasteiger partial charge is 0.507 e. The van der Waals surface area contributed by atoms with Gasteiger partial charge in [-0.1, -0.05) is 41.5 Å². The second-order valence-electron chi connectivity index (χ2n) is 9.60. The van der Waals surface area contributed by atoms with Crippen LogP contribution < -0.4 is 0 Å². The van der Waals surface area contributed by atoms with Crippen molar-refractivity contribution in [1.29, 1.82) is 0 Å². The van der Waals surface area contributed by atoms with Crippen LogP contribution in [0, 0.1) is 0 Å². The quantitative estimate of drug-likeness (QED) is 0.575. The van der Waals surface area contributed by atoms with E-state index in [1.165, 1.54) is 0 Å². The summed E-state index contributed by atoms with van der Waals surface area (Å²) >= 11 is 0. The molecule has 0 aliphatic rings. The van der Waals surface area contributed by atoms with Crippen LogP contribution >= 0.6 is 0 Å². The fourth-order valence-electron chi connectivity index (χ4n) is 3.12. The van der Waals surface area contributed by atoms with Crippen molar-refractivity contribution >= 4 is 0 Å². The zero-order chi connectivity index (χ0) is 22.0. The Balaban J connectivity index is 2.28. The Labute approximate surface area is 173 Å². The Hall–Kier alpha value is -2.08. The number of phenols is 2. The summed E-state index contributed by atoms with van der Waals surface area (Å²) in [5, 5.41) is 40.0. The molecule has 0 heterocycles. The summed E-state index contributed by atoms with van der Waals surface area (Å²) in [7, 11) is 0. The molecule has 0 unspecified atom stereocenters. The minimum absolute atomic E-state index is 0.0317. The standard InChI is InChI=1S/C24H34O5/c1-23(2,3)19-7-15(11-25)21(27)17(9-19)13-29-14-18-10-20(24(4,5)6)8-16(12-26)22(18)28/h7-10,25-28H,11-14H2,1-6H3. The van der Waals surface area contributed by atoms with Gasteiger partial charge in [-0.25, -0.2) is 0 Å². The summed E-state index contributed by atoms with van der Waals surface area (Å²) in [5.74, 6) is 0.0634. The van der Waals surface area contributed by atoms with E-state index in [9.17, 15) is 20.4 Å². The summed E-state index contributed by atoms with van der Waals surface area (Å²) in [6, 6.07) is 7.40. The lowest BCUT2D eigenvalue weighted by atomic mass is 9.84. The van der Waals surface area contributed by atoms with Gasteiger partial charge >= 0.3 is 0 Å². The Morgan fingerprint density at radius 2 is 0.931 bits per heavy atom. The van der Waals surface area contributed by atoms with E-state index in [1.807, 2.05) is 24.3 Å². The summed E-state index contributed by atoms with van der Waals surface area (Å²) in [4.78, 5) is 0. The fourth-order valence-corrected chi connectivity index (χ4v) is 3.12. The van der Waals surface area contributed by atoms with E-state index in [1.54, 1.807) is 0 Å². The molecule has 2 aromatic rings. The molecule has 5 nitrogen and oxygen atoms in total. The molecule has 0 fully saturated rings. The van der Waals surface area contributed by atoms with E-state index in [-0.39, 0.29) is 48.8 Å². The molecule has 4 N–H and O–H groups in total. The van der Waals surface area contributed by atoms with Gasteiger partial charge in [-0.2, -0.15) is 0 Å². The first-order chi connectivity index (χ1) is 13.4. The van der Waals surface area contributed by atoms with Crippen LogP contribution in [0.2, 0.25) is 0 Å². The van der Waals surface area contributed by atoms with Crippen molar-refractivity contribution in [3.05, 3.63) is 57.6 Å². The number of aromatic hydroxyl groups is 2. The van der Waals surface area contributed by atoms with Crippen molar-refractivity contribution in [3.8, 4) is 11.5 Å². The van der Waals surface area contributed by atoms with Gasteiger partial charge in [-0.05, 0) is 46.2 Å². The van der Waals surface area contributed by atoms with Crippen molar-refractivity contribution < 1.29 is 25.2 Å². The second kappa shape index (κ2) is 8.74. The van der Waals surface area contributed by atoms with Crippen LogP contribution in [0.4, 0.5) is 0 Å². The highest BCUT2D eigenvalue weighted by Crippen LogP contribution is 2.34. The summed E-state index contributed by atoms with van der Waals surface area (Å²) in [6.45, 7) is 12.2. The molecule has 0 amide bonds. The molecular formula is C24H34O5. The van der Waals surface area contributed by atoms with E-state index in [0.29, 0.717) is 22.3 Å². The van der Waals surface area contributed by atoms with Crippen LogP contribution in [-0.4, -0.2) is 20.4 Å². The molecule has 0 spiro atoms. The Kier molecular flexibility index (Phi) is 6.99. The Bertz CT molecular complexity index is 786. The first kappa shape index (κ1) is 23.2. The third kappa shape index (κ3) is 5.50. The first-order valence-electron chi connectivity index (χ1n) is 9.88. The fraction of sp³-hybridized carbons (Fsp3) is 0.500. The Morgan fingerprint density at radius 1 is 0.621 bits per heavy atom. The minimum Gasteiger partial charge on any atom is -0.507 e. The van der Waals surface area contributed by atoms with Gasteiger partial charge in [0.25, 0.3) is 0 Å². The van der Waals surface area contributed by atoms with Gasteiger partial charge in [0.15, 0.2) is 0 Å². The molecule has 29 heavy (non-hydrogen) atoms. The molecule has 0 aromatic heterocycles. The molecular weight excluding hydrogens is 368 g/mol. The highest BCUT2D eigenvalue weighted by Gasteiger charge is 2.20. The zero-order valence-electron chi connectivity index (χ0n) is 18.3. The van der Waals surface area contributed by atoms with E-state index in [4.69, 9.17) is 4.74 Å². The molecule has 5 heteroatoms. The van der Waals surface area contributed by atoms with Crippen LogP contribution in [0.15, 0.2) is 24.3 Å². The molecule has 2 rings (SSSR count). The van der Waals surface area contributed by atoms with Crippen molar-refractivity contribution in [2.75, 3.05) is 0 Å². The zero-order valence-corrected chi connectivity index (χ0v) is 18.3. The monoisotopic (exact) mass is 402 g/mol. The van der Waals surface area contributed by atoms with Crippen LogP contribution in [-0.2, 0) is 42.0 Å². The highest BCUT2D eigenvalue weighted by atomic mass is 16.5. The summed E-state index contributed by atoms with van der Waals surface area (Å²) < 4.78 is 5.82.